The Morgan fingerprint density at radius 1 is 0.839 bits per heavy atom. The molecule has 0 aliphatic heterocycles. The quantitative estimate of drug-likeness (QED) is 0.500. The Bertz CT molecular complexity index is 1240. The lowest BCUT2D eigenvalue weighted by molar-refractivity contribution is -0.114. The Balaban J connectivity index is 1.81. The molecule has 3 rings (SSSR count). The maximum Gasteiger partial charge on any atom is 0.263 e. The molecule has 0 atom stereocenters. The summed E-state index contributed by atoms with van der Waals surface area (Å²) in [7, 11) is -4.01. The zero-order valence-corrected chi connectivity index (χ0v) is 18.3. The van der Waals surface area contributed by atoms with E-state index in [4.69, 9.17) is 11.6 Å². The minimum Gasteiger partial charge on any atom is -0.326 e. The lowest BCUT2D eigenvalue weighted by Gasteiger charge is -2.12. The van der Waals surface area contributed by atoms with Gasteiger partial charge in [-0.3, -0.25) is 14.3 Å². The minimum atomic E-state index is -4.01. The number of anilines is 3. The fourth-order valence-corrected chi connectivity index (χ4v) is 4.39. The zero-order valence-electron chi connectivity index (χ0n) is 16.8. The molecule has 0 saturated carbocycles. The van der Waals surface area contributed by atoms with Gasteiger partial charge >= 0.3 is 0 Å². The second-order valence-corrected chi connectivity index (χ2v) is 8.89. The molecule has 0 spiro atoms. The van der Waals surface area contributed by atoms with Gasteiger partial charge in [0, 0.05) is 29.5 Å². The minimum absolute atomic E-state index is 0.00337. The van der Waals surface area contributed by atoms with Crippen molar-refractivity contribution < 1.29 is 18.0 Å². The lowest BCUT2D eigenvalue weighted by atomic mass is 10.2. The van der Waals surface area contributed by atoms with Gasteiger partial charge in [-0.1, -0.05) is 23.7 Å². The molecule has 0 heterocycles. The van der Waals surface area contributed by atoms with E-state index in [1.807, 2.05) is 13.0 Å². The standard InChI is InChI=1S/C22H20ClN3O4S/c1-14-4-3-5-19(12-14)26-31(29,30)21-13-16(6-11-20(21)23)22(28)25-18-9-7-17(8-10-18)24-15(2)27/h3-13,26H,1-2H3,(H,24,27)(H,25,28). The molecule has 0 bridgehead atoms. The van der Waals surface area contributed by atoms with Gasteiger partial charge < -0.3 is 10.6 Å². The number of carbonyl (C=O) groups is 2. The summed E-state index contributed by atoms with van der Waals surface area (Å²) >= 11 is 6.12. The van der Waals surface area contributed by atoms with Crippen molar-refractivity contribution in [2.24, 2.45) is 0 Å². The smallest absolute Gasteiger partial charge is 0.263 e. The summed E-state index contributed by atoms with van der Waals surface area (Å²) in [4.78, 5) is 23.5. The number of amides is 2. The molecule has 0 unspecified atom stereocenters. The van der Waals surface area contributed by atoms with Crippen molar-refractivity contribution in [3.63, 3.8) is 0 Å². The van der Waals surface area contributed by atoms with Crippen LogP contribution in [0.5, 0.6) is 0 Å². The maximum absolute atomic E-state index is 12.8. The van der Waals surface area contributed by atoms with Crippen LogP contribution in [0.1, 0.15) is 22.8 Å². The van der Waals surface area contributed by atoms with E-state index in [9.17, 15) is 18.0 Å². The predicted molar refractivity (Wildman–Crippen MR) is 122 cm³/mol. The van der Waals surface area contributed by atoms with Gasteiger partial charge in [-0.25, -0.2) is 8.42 Å². The molecule has 0 radical (unpaired) electrons. The van der Waals surface area contributed by atoms with Gasteiger partial charge in [0.2, 0.25) is 5.91 Å². The average molecular weight is 458 g/mol. The molecule has 0 aliphatic carbocycles. The van der Waals surface area contributed by atoms with E-state index in [1.54, 1.807) is 42.5 Å². The zero-order chi connectivity index (χ0) is 22.6. The third-order valence-corrected chi connectivity index (χ3v) is 6.08. The van der Waals surface area contributed by atoms with Crippen molar-refractivity contribution in [2.75, 3.05) is 15.4 Å². The molecular formula is C22H20ClN3O4S. The Hall–Kier alpha value is -3.36. The SMILES string of the molecule is CC(=O)Nc1ccc(NC(=O)c2ccc(Cl)c(S(=O)(=O)Nc3cccc(C)c3)c2)cc1. The van der Waals surface area contributed by atoms with Crippen molar-refractivity contribution in [1.82, 2.24) is 0 Å². The molecule has 9 heteroatoms. The monoisotopic (exact) mass is 457 g/mol. The van der Waals surface area contributed by atoms with Gasteiger partial charge in [0.25, 0.3) is 15.9 Å². The third kappa shape index (κ3) is 5.84. The molecule has 31 heavy (non-hydrogen) atoms. The van der Waals surface area contributed by atoms with E-state index in [-0.39, 0.29) is 21.4 Å². The van der Waals surface area contributed by atoms with Gasteiger partial charge in [0.1, 0.15) is 4.90 Å². The summed E-state index contributed by atoms with van der Waals surface area (Å²) in [5, 5.41) is 5.31. The molecule has 0 fully saturated rings. The summed E-state index contributed by atoms with van der Waals surface area (Å²) in [6.07, 6.45) is 0. The molecule has 0 aromatic heterocycles. The van der Waals surface area contributed by atoms with Crippen LogP contribution < -0.4 is 15.4 Å². The summed E-state index contributed by atoms with van der Waals surface area (Å²) in [6, 6.07) is 17.4. The van der Waals surface area contributed by atoms with Crippen LogP contribution in [0, 0.1) is 6.92 Å². The number of benzene rings is 3. The highest BCUT2D eigenvalue weighted by Crippen LogP contribution is 2.26. The van der Waals surface area contributed by atoms with E-state index >= 15 is 0 Å². The Kier molecular flexibility index (Phi) is 6.62. The van der Waals surface area contributed by atoms with Crippen molar-refractivity contribution in [1.29, 1.82) is 0 Å². The first-order valence-corrected chi connectivity index (χ1v) is 11.1. The molecule has 3 aromatic carbocycles. The van der Waals surface area contributed by atoms with Crippen molar-refractivity contribution in [2.45, 2.75) is 18.7 Å². The van der Waals surface area contributed by atoms with Gasteiger partial charge in [-0.2, -0.15) is 0 Å². The number of aryl methyl sites for hydroxylation is 1. The predicted octanol–water partition coefficient (Wildman–Crippen LogP) is 4.66. The van der Waals surface area contributed by atoms with Crippen LogP contribution in [0.15, 0.2) is 71.6 Å². The largest absolute Gasteiger partial charge is 0.326 e. The molecule has 0 saturated heterocycles. The van der Waals surface area contributed by atoms with E-state index in [2.05, 4.69) is 15.4 Å². The Labute approximate surface area is 185 Å². The lowest BCUT2D eigenvalue weighted by Crippen LogP contribution is -2.16. The van der Waals surface area contributed by atoms with Gasteiger partial charge in [-0.15, -0.1) is 0 Å². The van der Waals surface area contributed by atoms with Crippen molar-refractivity contribution in [3.05, 3.63) is 82.9 Å². The molecule has 0 aliphatic rings. The topological polar surface area (TPSA) is 104 Å². The number of sulfonamides is 1. The van der Waals surface area contributed by atoms with Crippen LogP contribution in [0.4, 0.5) is 17.1 Å². The van der Waals surface area contributed by atoms with Crippen LogP contribution >= 0.6 is 11.6 Å². The van der Waals surface area contributed by atoms with Gasteiger partial charge in [-0.05, 0) is 67.1 Å². The number of carbonyl (C=O) groups excluding carboxylic acids is 2. The van der Waals surface area contributed by atoms with E-state index in [0.717, 1.165) is 5.56 Å². The first kappa shape index (κ1) is 22.3. The van der Waals surface area contributed by atoms with Crippen LogP contribution in [0.3, 0.4) is 0 Å². The Morgan fingerprint density at radius 3 is 2.10 bits per heavy atom. The third-order valence-electron chi connectivity index (χ3n) is 4.22. The molecule has 3 N–H and O–H groups in total. The number of hydrogen-bond acceptors (Lipinski definition) is 4. The number of hydrogen-bond donors (Lipinski definition) is 3. The van der Waals surface area contributed by atoms with Crippen LogP contribution in [-0.4, -0.2) is 20.2 Å². The highest BCUT2D eigenvalue weighted by molar-refractivity contribution is 7.92. The molecule has 3 aromatic rings. The van der Waals surface area contributed by atoms with Gasteiger partial charge in [0.05, 0.1) is 5.02 Å². The van der Waals surface area contributed by atoms with Crippen molar-refractivity contribution >= 4 is 50.5 Å². The molecular weight excluding hydrogens is 438 g/mol. The first-order valence-electron chi connectivity index (χ1n) is 9.22. The number of nitrogens with one attached hydrogen (secondary N) is 3. The molecule has 160 valence electrons. The second kappa shape index (κ2) is 9.20. The van der Waals surface area contributed by atoms with E-state index in [0.29, 0.717) is 17.1 Å². The fourth-order valence-electron chi connectivity index (χ4n) is 2.81. The van der Waals surface area contributed by atoms with Crippen LogP contribution in [0.2, 0.25) is 5.02 Å². The number of halogens is 1. The fraction of sp³-hybridized carbons (Fsp3) is 0.0909. The number of rotatable bonds is 6. The van der Waals surface area contributed by atoms with E-state index < -0.39 is 15.9 Å². The van der Waals surface area contributed by atoms with E-state index in [1.165, 1.54) is 25.1 Å². The summed E-state index contributed by atoms with van der Waals surface area (Å²) in [5.74, 6) is -0.707. The highest BCUT2D eigenvalue weighted by atomic mass is 35.5. The maximum atomic E-state index is 12.8. The summed E-state index contributed by atoms with van der Waals surface area (Å²) < 4.78 is 28.1. The average Bonchev–Trinajstić information content (AvgIpc) is 2.69. The van der Waals surface area contributed by atoms with Crippen LogP contribution in [-0.2, 0) is 14.8 Å². The molecule has 2 amide bonds. The highest BCUT2D eigenvalue weighted by Gasteiger charge is 2.20. The molecule has 7 nitrogen and oxygen atoms in total. The van der Waals surface area contributed by atoms with Gasteiger partial charge in [0.15, 0.2) is 0 Å². The Morgan fingerprint density at radius 2 is 1.48 bits per heavy atom. The summed E-state index contributed by atoms with van der Waals surface area (Å²) in [5.41, 5.74) is 2.48. The second-order valence-electron chi connectivity index (χ2n) is 6.83. The van der Waals surface area contributed by atoms with Crippen LogP contribution in [0.25, 0.3) is 0 Å². The normalized spacial score (nSPS) is 10.9. The summed E-state index contributed by atoms with van der Waals surface area (Å²) in [6.45, 7) is 3.24. The first-order chi connectivity index (χ1) is 14.6. The van der Waals surface area contributed by atoms with Crippen molar-refractivity contribution in [3.8, 4) is 0 Å².